The molecule has 33 heavy (non-hydrogen) atoms. The van der Waals surface area contributed by atoms with E-state index in [1.54, 1.807) is 19.1 Å². The van der Waals surface area contributed by atoms with Crippen molar-refractivity contribution in [2.75, 3.05) is 12.5 Å². The molecule has 0 spiro atoms. The van der Waals surface area contributed by atoms with Gasteiger partial charge in [-0.05, 0) is 25.1 Å². The van der Waals surface area contributed by atoms with Crippen LogP contribution in [0.4, 0.5) is 18.9 Å². The van der Waals surface area contributed by atoms with Crippen LogP contribution in [0.15, 0.2) is 47.3 Å². The fourth-order valence-corrected chi connectivity index (χ4v) is 3.66. The number of carbonyl (C=O) groups is 1. The molecule has 0 saturated carbocycles. The monoisotopic (exact) mass is 498 g/mol. The summed E-state index contributed by atoms with van der Waals surface area (Å²) in [5.74, 6) is -1.00. The third-order valence-electron chi connectivity index (χ3n) is 4.22. The van der Waals surface area contributed by atoms with E-state index in [0.29, 0.717) is 23.3 Å². The van der Waals surface area contributed by atoms with Crippen molar-refractivity contribution >= 4 is 32.9 Å². The van der Waals surface area contributed by atoms with Crippen LogP contribution in [0.5, 0.6) is 0 Å². The van der Waals surface area contributed by atoms with Crippen molar-refractivity contribution in [3.63, 3.8) is 0 Å². The number of nitrogens with one attached hydrogen (secondary N) is 1. The molecular formula is C20H18ClF3N6O2S. The maximum absolute atomic E-state index is 13.3. The van der Waals surface area contributed by atoms with Gasteiger partial charge in [-0.1, -0.05) is 11.6 Å². The predicted molar refractivity (Wildman–Crippen MR) is 117 cm³/mol. The summed E-state index contributed by atoms with van der Waals surface area (Å²) in [5, 5.41) is 2.24. The van der Waals surface area contributed by atoms with Crippen LogP contribution in [0.1, 0.15) is 34.6 Å². The predicted octanol–water partition coefficient (Wildman–Crippen LogP) is 4.46. The Morgan fingerprint density at radius 3 is 2.42 bits per heavy atom. The van der Waals surface area contributed by atoms with Gasteiger partial charge in [-0.25, -0.2) is 9.19 Å². The van der Waals surface area contributed by atoms with Crippen LogP contribution in [-0.2, 0) is 15.9 Å². The van der Waals surface area contributed by atoms with E-state index in [2.05, 4.69) is 29.6 Å². The number of carbonyl (C=O) groups excluding carboxylic acids is 1. The molecule has 0 aliphatic carbocycles. The topological polar surface area (TPSA) is 110 Å². The molecular weight excluding hydrogens is 481 g/mol. The molecule has 3 aromatic rings. The summed E-state index contributed by atoms with van der Waals surface area (Å²) in [7, 11) is -2.37. The molecule has 3 heterocycles. The van der Waals surface area contributed by atoms with E-state index < -0.39 is 39.0 Å². The number of alkyl halides is 3. The highest BCUT2D eigenvalue weighted by molar-refractivity contribution is 7.92. The fourth-order valence-electron chi connectivity index (χ4n) is 2.88. The summed E-state index contributed by atoms with van der Waals surface area (Å²) in [6.45, 7) is 1.55. The molecule has 0 aliphatic heterocycles. The molecule has 0 unspecified atom stereocenters. The number of amides is 1. The minimum absolute atomic E-state index is 0.251. The SMILES string of the molecule is C[C@H](NC(=O)c1cc(Cl)ncc1C(F)(F)F)c1nccnc1-c1ccc(N=S(C)(C)=O)cn1. The highest BCUT2D eigenvalue weighted by Gasteiger charge is 2.36. The Kier molecular flexibility index (Phi) is 6.98. The molecule has 3 aromatic heterocycles. The van der Waals surface area contributed by atoms with Gasteiger partial charge in [-0.15, -0.1) is 0 Å². The summed E-state index contributed by atoms with van der Waals surface area (Å²) in [4.78, 5) is 28.8. The molecule has 3 rings (SSSR count). The molecule has 13 heteroatoms. The highest BCUT2D eigenvalue weighted by Crippen LogP contribution is 2.33. The van der Waals surface area contributed by atoms with Crippen molar-refractivity contribution in [1.29, 1.82) is 0 Å². The van der Waals surface area contributed by atoms with Crippen molar-refractivity contribution in [3.05, 3.63) is 65.0 Å². The highest BCUT2D eigenvalue weighted by atomic mass is 35.5. The van der Waals surface area contributed by atoms with E-state index in [4.69, 9.17) is 11.6 Å². The van der Waals surface area contributed by atoms with E-state index in [1.165, 1.54) is 31.1 Å². The Labute approximate surface area is 192 Å². The second kappa shape index (κ2) is 9.40. The molecule has 0 fully saturated rings. The minimum atomic E-state index is -4.79. The van der Waals surface area contributed by atoms with Gasteiger partial charge >= 0.3 is 6.18 Å². The maximum atomic E-state index is 13.3. The van der Waals surface area contributed by atoms with E-state index >= 15 is 0 Å². The first-order valence-corrected chi connectivity index (χ1v) is 12.0. The number of halogens is 4. The third-order valence-corrected chi connectivity index (χ3v) is 5.08. The Balaban J connectivity index is 1.92. The first-order valence-electron chi connectivity index (χ1n) is 9.33. The molecule has 0 radical (unpaired) electrons. The number of rotatable bonds is 5. The van der Waals surface area contributed by atoms with Gasteiger partial charge in [0.15, 0.2) is 0 Å². The van der Waals surface area contributed by atoms with Crippen LogP contribution in [-0.4, -0.2) is 42.6 Å². The standard InChI is InChI=1S/C20H18ClF3N6O2S/c1-11(29-19(31)13-8-16(21)28-10-14(13)20(22,23)24)17-18(26-7-6-25-17)15-5-4-12(9-27-15)30-33(2,3)32/h4-11H,1-3H3,(H,29,31)/t11-/m0/s1. The fraction of sp³-hybridized carbons (Fsp3) is 0.250. The third kappa shape index (κ3) is 6.23. The van der Waals surface area contributed by atoms with Crippen molar-refractivity contribution in [2.24, 2.45) is 4.36 Å². The summed E-state index contributed by atoms with van der Waals surface area (Å²) in [6.07, 6.45) is 2.93. The molecule has 1 amide bonds. The van der Waals surface area contributed by atoms with E-state index in [0.717, 1.165) is 6.07 Å². The number of hydrogen-bond donors (Lipinski definition) is 1. The largest absolute Gasteiger partial charge is 0.418 e. The smallest absolute Gasteiger partial charge is 0.344 e. The lowest BCUT2D eigenvalue weighted by Crippen LogP contribution is -2.30. The molecule has 174 valence electrons. The first-order chi connectivity index (χ1) is 15.3. The van der Waals surface area contributed by atoms with Gasteiger partial charge in [0.1, 0.15) is 10.8 Å². The lowest BCUT2D eigenvalue weighted by Gasteiger charge is -2.18. The van der Waals surface area contributed by atoms with Crippen LogP contribution >= 0.6 is 11.6 Å². The Bertz CT molecular complexity index is 1300. The van der Waals surface area contributed by atoms with E-state index in [-0.39, 0.29) is 10.8 Å². The number of hydrogen-bond acceptors (Lipinski definition) is 7. The number of nitrogens with zero attached hydrogens (tertiary/aromatic N) is 5. The quantitative estimate of drug-likeness (QED) is 0.520. The zero-order valence-corrected chi connectivity index (χ0v) is 19.2. The van der Waals surface area contributed by atoms with Crippen LogP contribution in [0.3, 0.4) is 0 Å². The van der Waals surface area contributed by atoms with E-state index in [1.807, 2.05) is 0 Å². The molecule has 0 saturated heterocycles. The van der Waals surface area contributed by atoms with Crippen LogP contribution in [0.2, 0.25) is 5.15 Å². The van der Waals surface area contributed by atoms with Gasteiger partial charge in [-0.2, -0.15) is 17.5 Å². The molecule has 0 aliphatic rings. The lowest BCUT2D eigenvalue weighted by molar-refractivity contribution is -0.138. The van der Waals surface area contributed by atoms with Gasteiger partial charge in [0.25, 0.3) is 5.91 Å². The van der Waals surface area contributed by atoms with Crippen molar-refractivity contribution < 1.29 is 22.2 Å². The van der Waals surface area contributed by atoms with Gasteiger partial charge in [0.2, 0.25) is 0 Å². The summed E-state index contributed by atoms with van der Waals surface area (Å²) in [6, 6.07) is 3.22. The van der Waals surface area contributed by atoms with E-state index in [9.17, 15) is 22.2 Å². The Morgan fingerprint density at radius 1 is 1.12 bits per heavy atom. The zero-order valence-electron chi connectivity index (χ0n) is 17.6. The lowest BCUT2D eigenvalue weighted by atomic mass is 10.1. The second-order valence-corrected chi connectivity index (χ2v) is 10.1. The number of aromatic nitrogens is 4. The van der Waals surface area contributed by atoms with Gasteiger partial charge in [-0.3, -0.25) is 19.7 Å². The minimum Gasteiger partial charge on any atom is -0.344 e. The zero-order chi connectivity index (χ0) is 24.4. The number of pyridine rings is 2. The molecule has 1 atom stereocenters. The van der Waals surface area contributed by atoms with Crippen molar-refractivity contribution in [1.82, 2.24) is 25.3 Å². The Hall–Kier alpha value is -3.12. The molecule has 8 nitrogen and oxygen atoms in total. The van der Waals surface area contributed by atoms with Crippen molar-refractivity contribution in [2.45, 2.75) is 19.1 Å². The molecule has 0 bridgehead atoms. The summed E-state index contributed by atoms with van der Waals surface area (Å²) >= 11 is 5.71. The average Bonchev–Trinajstić information content (AvgIpc) is 2.72. The average molecular weight is 499 g/mol. The normalized spacial score (nSPS) is 12.8. The summed E-state index contributed by atoms with van der Waals surface area (Å²) in [5.41, 5.74) is -0.470. The van der Waals surface area contributed by atoms with Gasteiger partial charge in [0.05, 0.1) is 40.4 Å². The maximum Gasteiger partial charge on any atom is 0.418 e. The first kappa shape index (κ1) is 24.5. The van der Waals surface area contributed by atoms with Crippen LogP contribution < -0.4 is 5.32 Å². The van der Waals surface area contributed by atoms with Gasteiger partial charge < -0.3 is 5.32 Å². The Morgan fingerprint density at radius 2 is 1.82 bits per heavy atom. The molecule has 1 N–H and O–H groups in total. The van der Waals surface area contributed by atoms with Crippen molar-refractivity contribution in [3.8, 4) is 11.4 Å². The van der Waals surface area contributed by atoms with Gasteiger partial charge in [0, 0.05) is 40.8 Å². The second-order valence-electron chi connectivity index (χ2n) is 7.21. The molecule has 0 aromatic carbocycles. The summed E-state index contributed by atoms with van der Waals surface area (Å²) < 4.78 is 55.8. The van der Waals surface area contributed by atoms with Crippen LogP contribution in [0, 0.1) is 0 Å². The van der Waals surface area contributed by atoms with Crippen LogP contribution in [0.25, 0.3) is 11.4 Å².